The molecule has 4 rings (SSSR count). The number of nitrogens with zero attached hydrogens (tertiary/aromatic N) is 3. The Morgan fingerprint density at radius 3 is 2.24 bits per heavy atom. The number of carbonyl (C=O) groups is 3. The predicted molar refractivity (Wildman–Crippen MR) is 147 cm³/mol. The van der Waals surface area contributed by atoms with Crippen LogP contribution in [0.3, 0.4) is 0 Å². The van der Waals surface area contributed by atoms with Crippen molar-refractivity contribution in [1.29, 1.82) is 0 Å². The van der Waals surface area contributed by atoms with Gasteiger partial charge in [0.25, 0.3) is 5.91 Å². The highest BCUT2D eigenvalue weighted by molar-refractivity contribution is 6.13. The molecule has 0 saturated carbocycles. The fourth-order valence-electron chi connectivity index (χ4n) is 5.56. The molecule has 2 heterocycles. The highest BCUT2D eigenvalue weighted by Crippen LogP contribution is 2.40. The number of hydrogen-bond acceptors (Lipinski definition) is 4. The number of aryl methyl sites for hydroxylation is 1. The average molecular weight is 525 g/mol. The second kappa shape index (κ2) is 11.5. The third kappa shape index (κ3) is 5.72. The zero-order valence-corrected chi connectivity index (χ0v) is 22.7. The average Bonchev–Trinajstić information content (AvgIpc) is 3.11. The van der Waals surface area contributed by atoms with Crippen LogP contribution < -0.4 is 5.73 Å². The first-order chi connectivity index (χ1) is 17.1. The van der Waals surface area contributed by atoms with Crippen molar-refractivity contribution >= 4 is 35.8 Å². The molecule has 198 valence electrons. The van der Waals surface area contributed by atoms with E-state index in [0.29, 0.717) is 25.8 Å². The minimum Gasteiger partial charge on any atom is -0.369 e. The zero-order chi connectivity index (χ0) is 25.9. The Labute approximate surface area is 225 Å². The van der Waals surface area contributed by atoms with Crippen molar-refractivity contribution in [2.75, 3.05) is 20.1 Å². The summed E-state index contributed by atoms with van der Waals surface area (Å²) in [6.45, 7) is 4.24. The summed E-state index contributed by atoms with van der Waals surface area (Å²) < 4.78 is 0. The molecule has 0 aliphatic carbocycles. The molecule has 3 amide bonds. The summed E-state index contributed by atoms with van der Waals surface area (Å²) in [5.41, 5.74) is 6.95. The number of benzene rings is 2. The number of nitrogens with two attached hydrogens (primary N) is 1. The maximum atomic E-state index is 14.0. The van der Waals surface area contributed by atoms with Crippen LogP contribution in [-0.2, 0) is 27.2 Å². The normalized spacial score (nSPS) is 20.1. The van der Waals surface area contributed by atoms with E-state index in [1.807, 2.05) is 48.5 Å². The fourth-order valence-corrected chi connectivity index (χ4v) is 5.56. The molecule has 0 unspecified atom stereocenters. The molecule has 2 aliphatic heterocycles. The number of hydrogen-bond donors (Lipinski definition) is 1. The molecule has 0 radical (unpaired) electrons. The summed E-state index contributed by atoms with van der Waals surface area (Å²) >= 11 is 0. The third-order valence-corrected chi connectivity index (χ3v) is 7.87. The molecular formula is C29H37ClN4O3. The van der Waals surface area contributed by atoms with Crippen molar-refractivity contribution in [3.63, 3.8) is 0 Å². The quantitative estimate of drug-likeness (QED) is 0.539. The molecule has 37 heavy (non-hydrogen) atoms. The molecule has 2 aromatic rings. The van der Waals surface area contributed by atoms with Gasteiger partial charge < -0.3 is 10.6 Å². The molecule has 2 aromatic carbocycles. The topological polar surface area (TPSA) is 96.1 Å². The first-order valence-electron chi connectivity index (χ1n) is 12.7. The summed E-state index contributed by atoms with van der Waals surface area (Å²) in [4.78, 5) is 41.7. The molecule has 0 bridgehead atoms. The molecule has 1 fully saturated rings. The number of halogens is 1. The maximum absolute atomic E-state index is 14.0. The minimum atomic E-state index is -1.01. The van der Waals surface area contributed by atoms with E-state index in [1.165, 1.54) is 10.6 Å². The first-order valence-corrected chi connectivity index (χ1v) is 12.7. The zero-order valence-electron chi connectivity index (χ0n) is 21.9. The molecule has 0 aromatic heterocycles. The van der Waals surface area contributed by atoms with Crippen molar-refractivity contribution in [1.82, 2.24) is 9.91 Å². The predicted octanol–water partition coefficient (Wildman–Crippen LogP) is 3.85. The third-order valence-electron chi connectivity index (χ3n) is 7.87. The van der Waals surface area contributed by atoms with Gasteiger partial charge in [0, 0.05) is 26.6 Å². The number of fused-ring (bicyclic) bond motifs is 1. The van der Waals surface area contributed by atoms with Gasteiger partial charge in [-0.25, -0.2) is 5.01 Å². The number of carbonyl (C=O) groups excluding carboxylic acids is 3. The van der Waals surface area contributed by atoms with Gasteiger partial charge >= 0.3 is 0 Å². The molecule has 8 heteroatoms. The monoisotopic (exact) mass is 524 g/mol. The summed E-state index contributed by atoms with van der Waals surface area (Å²) in [6, 6.07) is 20.0. The Morgan fingerprint density at radius 2 is 1.65 bits per heavy atom. The lowest BCUT2D eigenvalue weighted by Crippen LogP contribution is -2.58. The Kier molecular flexibility index (Phi) is 8.80. The van der Waals surface area contributed by atoms with Gasteiger partial charge in [0.15, 0.2) is 0 Å². The van der Waals surface area contributed by atoms with Crippen LogP contribution in [0.5, 0.6) is 0 Å². The maximum Gasteiger partial charge on any atom is 0.256 e. The number of primary amides is 1. The molecule has 2 N–H and O–H groups in total. The van der Waals surface area contributed by atoms with Gasteiger partial charge in [-0.15, -0.1) is 12.4 Å². The van der Waals surface area contributed by atoms with E-state index >= 15 is 0 Å². The molecule has 2 aliphatic rings. The Bertz CT molecular complexity index is 1150. The number of amides is 3. The number of likely N-dealkylation sites (tertiary alicyclic amines) is 1. The second-order valence-corrected chi connectivity index (χ2v) is 10.6. The van der Waals surface area contributed by atoms with E-state index in [1.54, 1.807) is 25.8 Å². The largest absolute Gasteiger partial charge is 0.369 e. The highest BCUT2D eigenvalue weighted by Gasteiger charge is 2.54. The Balaban J connectivity index is 0.00000380. The summed E-state index contributed by atoms with van der Waals surface area (Å²) in [6.07, 6.45) is 3.13. The van der Waals surface area contributed by atoms with Gasteiger partial charge in [-0.2, -0.15) is 5.10 Å². The lowest BCUT2D eigenvalue weighted by molar-refractivity contribution is -0.148. The Hall–Kier alpha value is -3.19. The van der Waals surface area contributed by atoms with E-state index in [0.717, 1.165) is 24.1 Å². The molecule has 7 nitrogen and oxygen atoms in total. The van der Waals surface area contributed by atoms with Crippen molar-refractivity contribution in [3.05, 3.63) is 71.8 Å². The van der Waals surface area contributed by atoms with Crippen LogP contribution in [0.1, 0.15) is 44.2 Å². The van der Waals surface area contributed by atoms with Crippen molar-refractivity contribution in [2.45, 2.75) is 46.0 Å². The van der Waals surface area contributed by atoms with Crippen LogP contribution in [-0.4, -0.2) is 53.5 Å². The van der Waals surface area contributed by atoms with E-state index in [2.05, 4.69) is 17.2 Å². The number of rotatable bonds is 9. The van der Waals surface area contributed by atoms with Crippen LogP contribution >= 0.6 is 12.4 Å². The van der Waals surface area contributed by atoms with Gasteiger partial charge in [0.05, 0.1) is 17.0 Å². The van der Waals surface area contributed by atoms with E-state index < -0.39 is 22.7 Å². The van der Waals surface area contributed by atoms with Crippen LogP contribution in [0.15, 0.2) is 65.8 Å². The second-order valence-electron chi connectivity index (χ2n) is 10.6. The molecule has 0 spiro atoms. The van der Waals surface area contributed by atoms with Gasteiger partial charge in [-0.1, -0.05) is 74.5 Å². The van der Waals surface area contributed by atoms with Gasteiger partial charge in [0.1, 0.15) is 5.41 Å². The highest BCUT2D eigenvalue weighted by atomic mass is 35.5. The summed E-state index contributed by atoms with van der Waals surface area (Å²) in [5, 5.41) is 5.96. The lowest BCUT2D eigenvalue weighted by atomic mass is 9.71. The smallest absolute Gasteiger partial charge is 0.256 e. The van der Waals surface area contributed by atoms with Crippen molar-refractivity contribution in [3.8, 4) is 0 Å². The van der Waals surface area contributed by atoms with Gasteiger partial charge in [-0.3, -0.25) is 14.4 Å². The van der Waals surface area contributed by atoms with Crippen LogP contribution in [0.4, 0.5) is 0 Å². The van der Waals surface area contributed by atoms with Gasteiger partial charge in [0.2, 0.25) is 11.8 Å². The number of hydrazone groups is 1. The van der Waals surface area contributed by atoms with Crippen molar-refractivity contribution in [2.24, 2.45) is 27.6 Å². The Morgan fingerprint density at radius 1 is 1.05 bits per heavy atom. The fraction of sp³-hybridized carbons (Fsp3) is 0.448. The van der Waals surface area contributed by atoms with E-state index in [-0.39, 0.29) is 30.8 Å². The van der Waals surface area contributed by atoms with Crippen LogP contribution in [0.25, 0.3) is 0 Å². The summed E-state index contributed by atoms with van der Waals surface area (Å²) in [5.74, 6) is -1.26. The summed E-state index contributed by atoms with van der Waals surface area (Å²) in [7, 11) is 1.68. The van der Waals surface area contributed by atoms with Crippen molar-refractivity contribution < 1.29 is 14.4 Å². The minimum absolute atomic E-state index is 0. The first kappa shape index (κ1) is 28.4. The molecular weight excluding hydrogens is 488 g/mol. The van der Waals surface area contributed by atoms with E-state index in [9.17, 15) is 14.4 Å². The number of piperidine rings is 1. The van der Waals surface area contributed by atoms with Crippen LogP contribution in [0, 0.1) is 16.7 Å². The van der Waals surface area contributed by atoms with Crippen LogP contribution in [0.2, 0.25) is 0 Å². The standard InChI is InChI=1S/C29H36N4O3.ClH/c1-28(2,26(30)35)23(16-10-15-21-11-6-4-7-12-21)25(34)33-18-17-24-29(20-33,27(36)32(3)31-24)19-22-13-8-5-9-14-22;/h4-9,11-14,23H,10,15-20H2,1-3H3,(H2,30,35);1H/t23-,29-;/m0./s1. The lowest BCUT2D eigenvalue weighted by Gasteiger charge is -2.42. The molecule has 1 saturated heterocycles. The SMILES string of the molecule is CN1N=C2CCN(C(=O)[C@H](CCCc3ccccc3)C(C)(C)C(N)=O)C[C@]2(Cc2ccccc2)C1=O.Cl. The van der Waals surface area contributed by atoms with E-state index in [4.69, 9.17) is 5.73 Å². The van der Waals surface area contributed by atoms with Gasteiger partial charge in [-0.05, 0) is 36.8 Å². The molecule has 2 atom stereocenters.